The Morgan fingerprint density at radius 1 is 1.06 bits per heavy atom. The summed E-state index contributed by atoms with van der Waals surface area (Å²) in [5.74, 6) is -0.616. The molecule has 11 heteroatoms. The zero-order chi connectivity index (χ0) is 38.6. The van der Waals surface area contributed by atoms with E-state index in [1.807, 2.05) is 77.6 Å². The van der Waals surface area contributed by atoms with Crippen LogP contribution in [0, 0.1) is 5.92 Å². The topological polar surface area (TPSA) is 121 Å². The number of hydrogen-bond acceptors (Lipinski definition) is 7. The van der Waals surface area contributed by atoms with Gasteiger partial charge in [0.15, 0.2) is 13.9 Å². The summed E-state index contributed by atoms with van der Waals surface area (Å²) < 4.78 is 8.93. The standard InChI is InChI=1S/C43H59N5O5Si/c1-30(2)15-14-16-31(3)22-26-48-38-21-20-34(47-24-13-8-7-12-19-40(47)50)27-36(38)43(42(48)51)32(4)41(54(5,6)52)39(53-43)23-25-46-28-37(44-45-46)35(29-49)33-17-10-9-11-18-33/h9-11,15,17-18,20-22,27-28,32,35,39,41,49,52H,7-8,12-14,16,19,23-26,29H2,1-6H3/b31-22+/t32-,35?,39+,41-,43+/m1/s1. The quantitative estimate of drug-likeness (QED) is 0.136. The highest BCUT2D eigenvalue weighted by molar-refractivity contribution is 6.71. The first-order valence-corrected chi connectivity index (χ1v) is 22.9. The molecule has 2 saturated heterocycles. The summed E-state index contributed by atoms with van der Waals surface area (Å²) in [6.45, 7) is 13.7. The number of ether oxygens (including phenoxy) is 1. The smallest absolute Gasteiger partial charge is 0.264 e. The molecule has 3 aliphatic rings. The second-order valence-corrected chi connectivity index (χ2v) is 20.4. The van der Waals surface area contributed by atoms with Crippen LogP contribution in [0.2, 0.25) is 18.6 Å². The minimum Gasteiger partial charge on any atom is -0.432 e. The van der Waals surface area contributed by atoms with E-state index in [9.17, 15) is 14.7 Å². The average Bonchev–Trinajstić information content (AvgIpc) is 3.78. The van der Waals surface area contributed by atoms with Gasteiger partial charge in [-0.1, -0.05) is 78.6 Å². The van der Waals surface area contributed by atoms with Crippen LogP contribution in [0.25, 0.3) is 0 Å². The Balaban J connectivity index is 1.33. The van der Waals surface area contributed by atoms with Gasteiger partial charge >= 0.3 is 0 Å². The first-order valence-electron chi connectivity index (χ1n) is 19.9. The van der Waals surface area contributed by atoms with Crippen LogP contribution >= 0.6 is 0 Å². The van der Waals surface area contributed by atoms with Gasteiger partial charge in [0.2, 0.25) is 5.91 Å². The number of aliphatic hydroxyl groups excluding tert-OH is 1. The van der Waals surface area contributed by atoms with Crippen molar-refractivity contribution < 1.29 is 24.2 Å². The van der Waals surface area contributed by atoms with Gasteiger partial charge in [0, 0.05) is 55.0 Å². The molecular formula is C43H59N5O5Si. The number of carbonyl (C=O) groups is 2. The van der Waals surface area contributed by atoms with Crippen molar-refractivity contribution >= 4 is 31.5 Å². The van der Waals surface area contributed by atoms with Gasteiger partial charge in [-0.2, -0.15) is 0 Å². The number of nitrogens with zero attached hydrogens (tertiary/aromatic N) is 5. The number of anilines is 2. The van der Waals surface area contributed by atoms with Crippen LogP contribution in [0.3, 0.4) is 0 Å². The molecule has 3 aliphatic heterocycles. The number of amides is 2. The predicted octanol–water partition coefficient (Wildman–Crippen LogP) is 7.63. The summed E-state index contributed by atoms with van der Waals surface area (Å²) in [5, 5.41) is 19.1. The van der Waals surface area contributed by atoms with Gasteiger partial charge in [0.1, 0.15) is 0 Å². The number of aromatic nitrogens is 3. The van der Waals surface area contributed by atoms with E-state index in [-0.39, 0.29) is 35.8 Å². The Labute approximate surface area is 322 Å². The lowest BCUT2D eigenvalue weighted by Crippen LogP contribution is -2.46. The number of aryl methyl sites for hydroxylation is 1. The molecule has 5 atom stereocenters. The Hall–Kier alpha value is -3.90. The number of benzene rings is 2. The van der Waals surface area contributed by atoms with Crippen molar-refractivity contribution in [1.82, 2.24) is 15.0 Å². The summed E-state index contributed by atoms with van der Waals surface area (Å²) in [6.07, 6.45) is 12.7. The normalized spacial score (nSPS) is 24.1. The van der Waals surface area contributed by atoms with Gasteiger partial charge in [-0.3, -0.25) is 14.3 Å². The molecule has 3 aromatic rings. The molecule has 10 nitrogen and oxygen atoms in total. The lowest BCUT2D eigenvalue weighted by atomic mass is 9.82. The van der Waals surface area contributed by atoms with Crippen molar-refractivity contribution in [3.8, 4) is 0 Å². The monoisotopic (exact) mass is 753 g/mol. The SMILES string of the molecule is CC(C)=CCC/C(C)=C/CN1C(=O)[C@@]2(O[C@@H](CCn3cc(C(CO)c4ccccc4)nn3)[C@H]([Si](C)(C)O)[C@H]2C)c2cc(N3CCCCCCC3=O)ccc21. The zero-order valence-electron chi connectivity index (χ0n) is 33.0. The van der Waals surface area contributed by atoms with Crippen LogP contribution in [-0.4, -0.2) is 70.8 Å². The average molecular weight is 754 g/mol. The molecule has 290 valence electrons. The molecule has 2 N–H and O–H groups in total. The summed E-state index contributed by atoms with van der Waals surface area (Å²) in [4.78, 5) is 44.1. The fraction of sp³-hybridized carbons (Fsp3) is 0.535. The molecule has 2 fully saturated rings. The van der Waals surface area contributed by atoms with E-state index in [1.54, 1.807) is 4.68 Å². The van der Waals surface area contributed by atoms with Crippen molar-refractivity contribution in [3.63, 3.8) is 0 Å². The van der Waals surface area contributed by atoms with E-state index in [1.165, 1.54) is 11.1 Å². The Morgan fingerprint density at radius 2 is 1.81 bits per heavy atom. The fourth-order valence-corrected chi connectivity index (χ4v) is 11.6. The maximum absolute atomic E-state index is 15.1. The third-order valence-electron chi connectivity index (χ3n) is 11.8. The zero-order valence-corrected chi connectivity index (χ0v) is 34.0. The summed E-state index contributed by atoms with van der Waals surface area (Å²) in [5.41, 5.74) is 4.97. The number of aliphatic hydroxyl groups is 1. The van der Waals surface area contributed by atoms with Crippen LogP contribution in [0.5, 0.6) is 0 Å². The maximum atomic E-state index is 15.1. The van der Waals surface area contributed by atoms with E-state index in [0.29, 0.717) is 38.2 Å². The maximum Gasteiger partial charge on any atom is 0.264 e. The first-order chi connectivity index (χ1) is 25.8. The summed E-state index contributed by atoms with van der Waals surface area (Å²) in [7, 11) is -2.90. The van der Waals surface area contributed by atoms with Crippen molar-refractivity contribution in [1.29, 1.82) is 0 Å². The molecule has 1 spiro atoms. The van der Waals surface area contributed by atoms with Crippen LogP contribution in [0.1, 0.15) is 102 Å². The Kier molecular flexibility index (Phi) is 12.4. The highest BCUT2D eigenvalue weighted by Crippen LogP contribution is 2.60. The molecule has 4 heterocycles. The Morgan fingerprint density at radius 3 is 2.54 bits per heavy atom. The van der Waals surface area contributed by atoms with Crippen LogP contribution in [-0.2, 0) is 26.5 Å². The largest absolute Gasteiger partial charge is 0.432 e. The van der Waals surface area contributed by atoms with Crippen molar-refractivity contribution in [2.24, 2.45) is 5.92 Å². The second kappa shape index (κ2) is 16.9. The molecular weight excluding hydrogens is 695 g/mol. The molecule has 0 bridgehead atoms. The molecule has 0 radical (unpaired) electrons. The molecule has 2 amide bonds. The van der Waals surface area contributed by atoms with Gasteiger partial charge in [-0.05, 0) is 89.7 Å². The van der Waals surface area contributed by atoms with Gasteiger partial charge in [0.25, 0.3) is 5.91 Å². The third kappa shape index (κ3) is 8.20. The number of fused-ring (bicyclic) bond motifs is 2. The predicted molar refractivity (Wildman–Crippen MR) is 216 cm³/mol. The highest BCUT2D eigenvalue weighted by atomic mass is 28.4. The molecule has 1 unspecified atom stereocenters. The third-order valence-corrected chi connectivity index (χ3v) is 14.3. The highest BCUT2D eigenvalue weighted by Gasteiger charge is 2.66. The number of carbonyl (C=O) groups excluding carboxylic acids is 2. The number of hydrogen-bond donors (Lipinski definition) is 2. The fourth-order valence-electron chi connectivity index (χ4n) is 8.95. The van der Waals surface area contributed by atoms with Gasteiger partial charge < -0.3 is 24.4 Å². The van der Waals surface area contributed by atoms with E-state index in [4.69, 9.17) is 4.74 Å². The lowest BCUT2D eigenvalue weighted by molar-refractivity contribution is -0.145. The minimum absolute atomic E-state index is 0.0892. The molecule has 2 aromatic carbocycles. The molecule has 54 heavy (non-hydrogen) atoms. The second-order valence-electron chi connectivity index (χ2n) is 16.4. The van der Waals surface area contributed by atoms with Gasteiger partial charge in [0.05, 0.1) is 30.0 Å². The summed E-state index contributed by atoms with van der Waals surface area (Å²) >= 11 is 0. The van der Waals surface area contributed by atoms with E-state index in [2.05, 4.69) is 50.2 Å². The Bertz CT molecular complexity index is 1850. The van der Waals surface area contributed by atoms with Crippen LogP contribution in [0.4, 0.5) is 11.4 Å². The molecule has 0 aliphatic carbocycles. The minimum atomic E-state index is -2.90. The van der Waals surface area contributed by atoms with Gasteiger partial charge in [-0.25, -0.2) is 0 Å². The van der Waals surface area contributed by atoms with Crippen molar-refractivity contribution in [3.05, 3.63) is 94.8 Å². The van der Waals surface area contributed by atoms with Gasteiger partial charge in [-0.15, -0.1) is 5.10 Å². The molecule has 0 saturated carbocycles. The lowest BCUT2D eigenvalue weighted by Gasteiger charge is -2.33. The molecule has 1 aromatic heterocycles. The van der Waals surface area contributed by atoms with Crippen LogP contribution in [0.15, 0.2) is 78.0 Å². The van der Waals surface area contributed by atoms with E-state index < -0.39 is 20.0 Å². The van der Waals surface area contributed by atoms with E-state index in [0.717, 1.165) is 61.0 Å². The molecule has 6 rings (SSSR count). The van der Waals surface area contributed by atoms with Crippen LogP contribution < -0.4 is 9.80 Å². The first kappa shape index (κ1) is 39.8. The van der Waals surface area contributed by atoms with Crippen molar-refractivity contribution in [2.45, 2.75) is 122 Å². The van der Waals surface area contributed by atoms with E-state index >= 15 is 4.79 Å². The van der Waals surface area contributed by atoms with Crippen molar-refractivity contribution in [2.75, 3.05) is 29.5 Å². The summed E-state index contributed by atoms with van der Waals surface area (Å²) in [6, 6.07) is 15.8. The number of allylic oxidation sites excluding steroid dienone is 3. The number of rotatable bonds is 13.